The minimum absolute atomic E-state index is 0.567. The van der Waals surface area contributed by atoms with Crippen LogP contribution in [0.25, 0.3) is 0 Å². The lowest BCUT2D eigenvalue weighted by Crippen LogP contribution is -2.06. The molecule has 1 heterocycles. The van der Waals surface area contributed by atoms with Crippen molar-refractivity contribution in [2.24, 2.45) is 0 Å². The number of hydrogen-bond donors (Lipinski definition) is 1. The van der Waals surface area contributed by atoms with Gasteiger partial charge in [-0.15, -0.1) is 0 Å². The van der Waals surface area contributed by atoms with Crippen LogP contribution in [0.15, 0.2) is 18.3 Å². The Labute approximate surface area is 130 Å². The summed E-state index contributed by atoms with van der Waals surface area (Å²) in [5.41, 5.74) is 2.87. The highest BCUT2D eigenvalue weighted by molar-refractivity contribution is 6.30. The Morgan fingerprint density at radius 3 is 2.43 bits per heavy atom. The van der Waals surface area contributed by atoms with Gasteiger partial charge in [-0.2, -0.15) is 4.98 Å². The van der Waals surface area contributed by atoms with Crippen molar-refractivity contribution in [3.05, 3.63) is 40.0 Å². The van der Waals surface area contributed by atoms with Crippen molar-refractivity contribution in [1.29, 1.82) is 0 Å². The molecular formula is C16H20ClN3O. The second kappa shape index (κ2) is 6.76. The molecule has 0 saturated heterocycles. The third-order valence-electron chi connectivity index (χ3n) is 3.08. The molecule has 0 fully saturated rings. The van der Waals surface area contributed by atoms with Crippen molar-refractivity contribution in [2.75, 3.05) is 11.9 Å². The summed E-state index contributed by atoms with van der Waals surface area (Å²) in [6, 6.07) is 3.77. The fourth-order valence-electron chi connectivity index (χ4n) is 2.01. The Bertz CT molecular complexity index is 620. The van der Waals surface area contributed by atoms with Crippen LogP contribution in [-0.4, -0.2) is 16.5 Å². The number of nitrogens with one attached hydrogen (secondary N) is 1. The Morgan fingerprint density at radius 1 is 1.14 bits per heavy atom. The number of benzene rings is 1. The van der Waals surface area contributed by atoms with Crippen LogP contribution >= 0.6 is 11.6 Å². The van der Waals surface area contributed by atoms with E-state index in [1.54, 1.807) is 6.20 Å². The third-order valence-corrected chi connectivity index (χ3v) is 3.30. The Morgan fingerprint density at radius 2 is 1.81 bits per heavy atom. The third kappa shape index (κ3) is 3.85. The van der Waals surface area contributed by atoms with Crippen LogP contribution < -0.4 is 10.1 Å². The van der Waals surface area contributed by atoms with Crippen molar-refractivity contribution < 1.29 is 4.74 Å². The van der Waals surface area contributed by atoms with Gasteiger partial charge in [-0.1, -0.05) is 18.5 Å². The molecule has 0 atom stereocenters. The molecule has 0 spiro atoms. The maximum absolute atomic E-state index is 6.05. The molecule has 0 aliphatic carbocycles. The SMILES string of the molecule is CCCNc1ncc(C)c(Oc2c(C)cc(Cl)cc2C)n1. The first-order valence-corrected chi connectivity index (χ1v) is 7.41. The number of ether oxygens (including phenoxy) is 1. The van der Waals surface area contributed by atoms with E-state index in [2.05, 4.69) is 22.2 Å². The number of anilines is 1. The second-order valence-electron chi connectivity index (χ2n) is 5.08. The van der Waals surface area contributed by atoms with Crippen LogP contribution in [0, 0.1) is 20.8 Å². The molecule has 0 aliphatic heterocycles. The molecule has 0 unspecified atom stereocenters. The summed E-state index contributed by atoms with van der Waals surface area (Å²) in [5.74, 6) is 1.95. The molecule has 0 bridgehead atoms. The van der Waals surface area contributed by atoms with Crippen molar-refractivity contribution in [1.82, 2.24) is 9.97 Å². The topological polar surface area (TPSA) is 47.0 Å². The number of aromatic nitrogens is 2. The monoisotopic (exact) mass is 305 g/mol. The van der Waals surface area contributed by atoms with E-state index in [0.29, 0.717) is 16.9 Å². The fourth-order valence-corrected chi connectivity index (χ4v) is 2.33. The maximum atomic E-state index is 6.05. The quantitative estimate of drug-likeness (QED) is 0.872. The minimum Gasteiger partial charge on any atom is -0.438 e. The van der Waals surface area contributed by atoms with E-state index in [9.17, 15) is 0 Å². The van der Waals surface area contributed by atoms with Gasteiger partial charge in [-0.25, -0.2) is 4.98 Å². The zero-order valence-electron chi connectivity index (χ0n) is 12.8. The number of rotatable bonds is 5. The molecule has 1 N–H and O–H groups in total. The van der Waals surface area contributed by atoms with Gasteiger partial charge in [0.2, 0.25) is 11.8 Å². The highest BCUT2D eigenvalue weighted by Gasteiger charge is 2.11. The zero-order valence-corrected chi connectivity index (χ0v) is 13.6. The van der Waals surface area contributed by atoms with Crippen molar-refractivity contribution in [3.8, 4) is 11.6 Å². The predicted octanol–water partition coefficient (Wildman–Crippen LogP) is 4.67. The summed E-state index contributed by atoms with van der Waals surface area (Å²) in [6.07, 6.45) is 2.78. The van der Waals surface area contributed by atoms with Crippen LogP contribution in [0.4, 0.5) is 5.95 Å². The number of hydrogen-bond acceptors (Lipinski definition) is 4. The van der Waals surface area contributed by atoms with Gasteiger partial charge in [0, 0.05) is 23.3 Å². The average molecular weight is 306 g/mol. The molecule has 1 aromatic heterocycles. The largest absolute Gasteiger partial charge is 0.438 e. The zero-order chi connectivity index (χ0) is 15.4. The maximum Gasteiger partial charge on any atom is 0.226 e. The Kier molecular flexibility index (Phi) is 5.02. The second-order valence-corrected chi connectivity index (χ2v) is 5.52. The van der Waals surface area contributed by atoms with Crippen molar-refractivity contribution in [2.45, 2.75) is 34.1 Å². The van der Waals surface area contributed by atoms with Crippen molar-refractivity contribution in [3.63, 3.8) is 0 Å². The highest BCUT2D eigenvalue weighted by atomic mass is 35.5. The van der Waals surface area contributed by atoms with E-state index in [1.807, 2.05) is 32.9 Å². The van der Waals surface area contributed by atoms with E-state index >= 15 is 0 Å². The smallest absolute Gasteiger partial charge is 0.226 e. The molecule has 5 heteroatoms. The average Bonchev–Trinajstić information content (AvgIpc) is 2.43. The summed E-state index contributed by atoms with van der Waals surface area (Å²) < 4.78 is 6.00. The van der Waals surface area contributed by atoms with Crippen molar-refractivity contribution >= 4 is 17.5 Å². The Balaban J connectivity index is 2.31. The molecule has 0 radical (unpaired) electrons. The predicted molar refractivity (Wildman–Crippen MR) is 86.5 cm³/mol. The summed E-state index contributed by atoms with van der Waals surface area (Å²) in [4.78, 5) is 8.69. The molecule has 4 nitrogen and oxygen atoms in total. The first-order chi connectivity index (χ1) is 10.0. The molecule has 2 aromatic rings. The fraction of sp³-hybridized carbons (Fsp3) is 0.375. The molecule has 1 aromatic carbocycles. The lowest BCUT2D eigenvalue weighted by Gasteiger charge is -2.14. The Hall–Kier alpha value is -1.81. The molecule has 2 rings (SSSR count). The normalized spacial score (nSPS) is 10.5. The number of aryl methyl sites for hydroxylation is 3. The first-order valence-electron chi connectivity index (χ1n) is 7.03. The summed E-state index contributed by atoms with van der Waals surface area (Å²) in [6.45, 7) is 8.81. The van der Waals surface area contributed by atoms with E-state index < -0.39 is 0 Å². The number of halogens is 1. The first kappa shape index (κ1) is 15.6. The lowest BCUT2D eigenvalue weighted by molar-refractivity contribution is 0.451. The minimum atomic E-state index is 0.567. The standard InChI is InChI=1S/C16H20ClN3O/c1-5-6-18-16-19-9-12(4)15(20-16)21-14-10(2)7-13(17)8-11(14)3/h7-9H,5-6H2,1-4H3,(H,18,19,20). The van der Waals surface area contributed by atoms with Gasteiger partial charge in [-0.3, -0.25) is 0 Å². The molecule has 21 heavy (non-hydrogen) atoms. The molecular weight excluding hydrogens is 286 g/mol. The molecule has 0 aliphatic rings. The molecule has 0 saturated carbocycles. The van der Waals surface area contributed by atoms with Crippen LogP contribution in [0.1, 0.15) is 30.0 Å². The molecule has 0 amide bonds. The van der Waals surface area contributed by atoms with Gasteiger partial charge >= 0.3 is 0 Å². The van der Waals surface area contributed by atoms with Gasteiger partial charge in [-0.05, 0) is 50.5 Å². The number of nitrogens with zero attached hydrogens (tertiary/aromatic N) is 2. The van der Waals surface area contributed by atoms with Crippen LogP contribution in [0.3, 0.4) is 0 Å². The van der Waals surface area contributed by atoms with Crippen LogP contribution in [0.5, 0.6) is 11.6 Å². The van der Waals surface area contributed by atoms with Gasteiger partial charge in [0.1, 0.15) is 5.75 Å². The van der Waals surface area contributed by atoms with Gasteiger partial charge in [0.25, 0.3) is 0 Å². The molecule has 112 valence electrons. The summed E-state index contributed by atoms with van der Waals surface area (Å²) in [5, 5.41) is 3.87. The summed E-state index contributed by atoms with van der Waals surface area (Å²) in [7, 11) is 0. The van der Waals surface area contributed by atoms with Crippen LogP contribution in [-0.2, 0) is 0 Å². The van der Waals surface area contributed by atoms with E-state index in [0.717, 1.165) is 35.4 Å². The van der Waals surface area contributed by atoms with Gasteiger partial charge < -0.3 is 10.1 Å². The van der Waals surface area contributed by atoms with Gasteiger partial charge in [0.05, 0.1) is 0 Å². The lowest BCUT2D eigenvalue weighted by atomic mass is 10.1. The van der Waals surface area contributed by atoms with E-state index in [1.165, 1.54) is 0 Å². The van der Waals surface area contributed by atoms with E-state index in [4.69, 9.17) is 16.3 Å². The summed E-state index contributed by atoms with van der Waals surface area (Å²) >= 11 is 6.05. The van der Waals surface area contributed by atoms with E-state index in [-0.39, 0.29) is 0 Å². The van der Waals surface area contributed by atoms with Crippen LogP contribution in [0.2, 0.25) is 5.02 Å². The van der Waals surface area contributed by atoms with Gasteiger partial charge in [0.15, 0.2) is 0 Å². The highest BCUT2D eigenvalue weighted by Crippen LogP contribution is 2.31.